The normalized spacial score (nSPS) is 16.3. The highest BCUT2D eigenvalue weighted by Gasteiger charge is 2.14. The molecule has 0 atom stereocenters. The van der Waals surface area contributed by atoms with Crippen molar-refractivity contribution in [2.45, 2.75) is 19.4 Å². The molecular formula is C9H13BrN4. The van der Waals surface area contributed by atoms with Gasteiger partial charge in [-0.1, -0.05) is 0 Å². The van der Waals surface area contributed by atoms with E-state index in [1.165, 1.54) is 12.8 Å². The molecule has 0 amide bonds. The highest BCUT2D eigenvalue weighted by molar-refractivity contribution is 9.10. The van der Waals surface area contributed by atoms with Gasteiger partial charge in [-0.15, -0.1) is 0 Å². The molecule has 0 aromatic carbocycles. The monoisotopic (exact) mass is 256 g/mol. The maximum absolute atomic E-state index is 5.56. The number of hydrogen-bond donors (Lipinski definition) is 1. The van der Waals surface area contributed by atoms with Gasteiger partial charge >= 0.3 is 0 Å². The van der Waals surface area contributed by atoms with Crippen molar-refractivity contribution in [2.24, 2.45) is 5.73 Å². The Morgan fingerprint density at radius 2 is 2.07 bits per heavy atom. The van der Waals surface area contributed by atoms with Crippen molar-refractivity contribution >= 4 is 21.7 Å². The van der Waals surface area contributed by atoms with E-state index in [9.17, 15) is 0 Å². The summed E-state index contributed by atoms with van der Waals surface area (Å²) in [6.45, 7) is 2.64. The Kier molecular flexibility index (Phi) is 2.98. The molecule has 1 aliphatic heterocycles. The minimum Gasteiger partial charge on any atom is -0.356 e. The van der Waals surface area contributed by atoms with Gasteiger partial charge in [0, 0.05) is 25.7 Å². The van der Waals surface area contributed by atoms with Crippen LogP contribution in [0.2, 0.25) is 0 Å². The first-order valence-electron chi connectivity index (χ1n) is 4.78. The molecule has 1 fully saturated rings. The van der Waals surface area contributed by atoms with Crippen LogP contribution in [0.15, 0.2) is 10.8 Å². The molecule has 1 aliphatic rings. The van der Waals surface area contributed by atoms with E-state index >= 15 is 0 Å². The molecule has 76 valence electrons. The smallest absolute Gasteiger partial charge is 0.198 e. The average molecular weight is 257 g/mol. The highest BCUT2D eigenvalue weighted by Crippen LogP contribution is 2.19. The number of halogens is 1. The third-order valence-corrected chi connectivity index (χ3v) is 2.73. The fourth-order valence-electron chi connectivity index (χ4n) is 1.66. The predicted molar refractivity (Wildman–Crippen MR) is 59.1 cm³/mol. The Labute approximate surface area is 91.7 Å². The molecule has 1 aromatic rings. The Hall–Kier alpha value is -0.680. The summed E-state index contributed by atoms with van der Waals surface area (Å²) in [7, 11) is 0. The molecule has 0 radical (unpaired) electrons. The fraction of sp³-hybridized carbons (Fsp3) is 0.556. The van der Waals surface area contributed by atoms with Crippen LogP contribution >= 0.6 is 15.9 Å². The second-order valence-electron chi connectivity index (χ2n) is 3.38. The van der Waals surface area contributed by atoms with Gasteiger partial charge in [0.2, 0.25) is 0 Å². The van der Waals surface area contributed by atoms with Crippen LogP contribution in [-0.2, 0) is 6.54 Å². The first-order chi connectivity index (χ1) is 6.79. The summed E-state index contributed by atoms with van der Waals surface area (Å²) in [4.78, 5) is 10.8. The number of nitrogens with two attached hydrogens (primary N) is 1. The second-order valence-corrected chi connectivity index (χ2v) is 4.09. The number of aromatic nitrogens is 2. The van der Waals surface area contributed by atoms with E-state index in [1.807, 2.05) is 6.07 Å². The molecule has 0 bridgehead atoms. The molecule has 0 saturated carbocycles. The van der Waals surface area contributed by atoms with Gasteiger partial charge in [0.25, 0.3) is 0 Å². The number of anilines is 1. The maximum atomic E-state index is 5.56. The summed E-state index contributed by atoms with van der Waals surface area (Å²) in [5.41, 5.74) is 6.44. The highest BCUT2D eigenvalue weighted by atomic mass is 79.9. The summed E-state index contributed by atoms with van der Waals surface area (Å²) in [6.07, 6.45) is 2.50. The van der Waals surface area contributed by atoms with E-state index in [1.54, 1.807) is 0 Å². The van der Waals surface area contributed by atoms with Crippen molar-refractivity contribution < 1.29 is 0 Å². The zero-order valence-electron chi connectivity index (χ0n) is 7.91. The van der Waals surface area contributed by atoms with Crippen LogP contribution in [0.25, 0.3) is 0 Å². The lowest BCUT2D eigenvalue weighted by Crippen LogP contribution is -2.20. The van der Waals surface area contributed by atoms with E-state index < -0.39 is 0 Å². The van der Waals surface area contributed by atoms with Gasteiger partial charge in [0.15, 0.2) is 4.73 Å². The van der Waals surface area contributed by atoms with Crippen LogP contribution < -0.4 is 10.6 Å². The van der Waals surface area contributed by atoms with Gasteiger partial charge in [-0.3, -0.25) is 0 Å². The first kappa shape index (κ1) is 9.86. The van der Waals surface area contributed by atoms with Crippen molar-refractivity contribution in [1.82, 2.24) is 9.97 Å². The lowest BCUT2D eigenvalue weighted by atomic mass is 10.4. The van der Waals surface area contributed by atoms with E-state index in [2.05, 4.69) is 30.8 Å². The van der Waals surface area contributed by atoms with Crippen LogP contribution in [0, 0.1) is 0 Å². The molecule has 5 heteroatoms. The van der Waals surface area contributed by atoms with Crippen LogP contribution in [0.4, 0.5) is 5.82 Å². The Balaban J connectivity index is 2.27. The van der Waals surface area contributed by atoms with Gasteiger partial charge in [0.1, 0.15) is 5.82 Å². The second kappa shape index (κ2) is 4.23. The molecule has 2 rings (SSSR count). The molecule has 0 unspecified atom stereocenters. The molecule has 14 heavy (non-hydrogen) atoms. The largest absolute Gasteiger partial charge is 0.356 e. The molecule has 0 spiro atoms. The van der Waals surface area contributed by atoms with E-state index in [0.717, 1.165) is 24.6 Å². The van der Waals surface area contributed by atoms with Crippen molar-refractivity contribution in [2.75, 3.05) is 18.0 Å². The molecule has 1 aromatic heterocycles. The molecule has 0 aliphatic carbocycles. The summed E-state index contributed by atoms with van der Waals surface area (Å²) in [5, 5.41) is 0. The molecule has 2 N–H and O–H groups in total. The van der Waals surface area contributed by atoms with Gasteiger partial charge in [-0.2, -0.15) is 0 Å². The average Bonchev–Trinajstić information content (AvgIpc) is 2.69. The van der Waals surface area contributed by atoms with Crippen molar-refractivity contribution in [3.8, 4) is 0 Å². The molecular weight excluding hydrogens is 244 g/mol. The quantitative estimate of drug-likeness (QED) is 0.811. The standard InChI is InChI=1S/C9H13BrN4/c10-9-12-7(6-11)5-8(13-9)14-3-1-2-4-14/h5H,1-4,6,11H2. The van der Waals surface area contributed by atoms with E-state index in [-0.39, 0.29) is 0 Å². The van der Waals surface area contributed by atoms with Gasteiger partial charge < -0.3 is 10.6 Å². The van der Waals surface area contributed by atoms with Crippen LogP contribution in [0.3, 0.4) is 0 Å². The molecule has 4 nitrogen and oxygen atoms in total. The van der Waals surface area contributed by atoms with Crippen molar-refractivity contribution in [3.05, 3.63) is 16.5 Å². The summed E-state index contributed by atoms with van der Waals surface area (Å²) < 4.78 is 0.627. The van der Waals surface area contributed by atoms with Gasteiger partial charge in [-0.25, -0.2) is 9.97 Å². The predicted octanol–water partition coefficient (Wildman–Crippen LogP) is 1.30. The van der Waals surface area contributed by atoms with Gasteiger partial charge in [0.05, 0.1) is 5.69 Å². The summed E-state index contributed by atoms with van der Waals surface area (Å²) in [5.74, 6) is 0.991. The molecule has 2 heterocycles. The van der Waals surface area contributed by atoms with Crippen molar-refractivity contribution in [3.63, 3.8) is 0 Å². The summed E-state index contributed by atoms with van der Waals surface area (Å²) >= 11 is 3.30. The van der Waals surface area contributed by atoms with Crippen LogP contribution in [0.5, 0.6) is 0 Å². The Bertz CT molecular complexity index is 323. The van der Waals surface area contributed by atoms with Crippen molar-refractivity contribution in [1.29, 1.82) is 0 Å². The third-order valence-electron chi connectivity index (χ3n) is 2.38. The van der Waals surface area contributed by atoms with Gasteiger partial charge in [-0.05, 0) is 28.8 Å². The third kappa shape index (κ3) is 2.04. The number of hydrogen-bond acceptors (Lipinski definition) is 4. The zero-order valence-corrected chi connectivity index (χ0v) is 9.50. The van der Waals surface area contributed by atoms with E-state index in [4.69, 9.17) is 5.73 Å². The Morgan fingerprint density at radius 3 is 2.71 bits per heavy atom. The fourth-order valence-corrected chi connectivity index (χ4v) is 2.07. The SMILES string of the molecule is NCc1cc(N2CCCC2)nc(Br)n1. The van der Waals surface area contributed by atoms with E-state index in [0.29, 0.717) is 11.3 Å². The number of nitrogens with zero attached hydrogens (tertiary/aromatic N) is 3. The lowest BCUT2D eigenvalue weighted by molar-refractivity contribution is 0.885. The topological polar surface area (TPSA) is 55.0 Å². The minimum atomic E-state index is 0.460. The Morgan fingerprint density at radius 1 is 1.36 bits per heavy atom. The van der Waals surface area contributed by atoms with Crippen LogP contribution in [0.1, 0.15) is 18.5 Å². The molecule has 1 saturated heterocycles. The summed E-state index contributed by atoms with van der Waals surface area (Å²) in [6, 6.07) is 1.97. The first-order valence-corrected chi connectivity index (χ1v) is 5.57. The lowest BCUT2D eigenvalue weighted by Gasteiger charge is -2.16. The minimum absolute atomic E-state index is 0.460. The number of rotatable bonds is 2. The zero-order chi connectivity index (χ0) is 9.97. The maximum Gasteiger partial charge on any atom is 0.198 e. The van der Waals surface area contributed by atoms with Crippen LogP contribution in [-0.4, -0.2) is 23.1 Å².